The number of hydrogen-bond acceptors (Lipinski definition) is 4. The number of nitrogens with zero attached hydrogens (tertiary/aromatic N) is 2. The highest BCUT2D eigenvalue weighted by Crippen LogP contribution is 2.31. The van der Waals surface area contributed by atoms with Gasteiger partial charge in [0.1, 0.15) is 5.82 Å². The smallest absolute Gasteiger partial charge is 0.253 e. The lowest BCUT2D eigenvalue weighted by Gasteiger charge is -2.42. The van der Waals surface area contributed by atoms with Crippen LogP contribution in [0.4, 0.5) is 10.1 Å². The van der Waals surface area contributed by atoms with Crippen molar-refractivity contribution < 1.29 is 9.18 Å². The number of hydrogen-bond donors (Lipinski definition) is 2. The molecule has 2 aromatic rings. The minimum absolute atomic E-state index is 0.0928. The average Bonchev–Trinajstić information content (AvgIpc) is 2.72. The van der Waals surface area contributed by atoms with E-state index in [0.717, 1.165) is 48.4 Å². The second kappa shape index (κ2) is 9.86. The summed E-state index contributed by atoms with van der Waals surface area (Å²) in [6.45, 7) is 11.6. The zero-order chi connectivity index (χ0) is 23.6. The molecule has 1 unspecified atom stereocenters. The van der Waals surface area contributed by atoms with Gasteiger partial charge in [-0.2, -0.15) is 0 Å². The van der Waals surface area contributed by atoms with Gasteiger partial charge < -0.3 is 20.1 Å². The van der Waals surface area contributed by atoms with Crippen LogP contribution in [0, 0.1) is 26.6 Å². The molecule has 1 aliphatic rings. The molecule has 0 saturated carbocycles. The molecule has 2 N–H and O–H groups in total. The molecule has 2 atom stereocenters. The fourth-order valence-electron chi connectivity index (χ4n) is 4.74. The first-order valence-corrected chi connectivity index (χ1v) is 11.4. The van der Waals surface area contributed by atoms with E-state index in [1.165, 1.54) is 12.1 Å². The van der Waals surface area contributed by atoms with Crippen molar-refractivity contribution in [2.24, 2.45) is 0 Å². The van der Waals surface area contributed by atoms with Crippen LogP contribution in [-0.2, 0) is 6.54 Å². The van der Waals surface area contributed by atoms with Crippen LogP contribution in [0.5, 0.6) is 0 Å². The Morgan fingerprint density at radius 3 is 2.62 bits per heavy atom. The molecule has 7 heteroatoms. The minimum Gasteiger partial charge on any atom is -0.368 e. The first-order chi connectivity index (χ1) is 15.1. The van der Waals surface area contributed by atoms with Crippen LogP contribution in [0.1, 0.15) is 59.4 Å². The molecular formula is C25H35FN4O2. The molecule has 2 heterocycles. The number of rotatable bonds is 6. The van der Waals surface area contributed by atoms with E-state index in [0.29, 0.717) is 23.2 Å². The fraction of sp³-hybridized carbons (Fsp3) is 0.520. The molecule has 1 amide bonds. The number of anilines is 1. The van der Waals surface area contributed by atoms with Crippen LogP contribution in [0.15, 0.2) is 23.0 Å². The maximum absolute atomic E-state index is 14.6. The van der Waals surface area contributed by atoms with Gasteiger partial charge in [0, 0.05) is 54.2 Å². The molecule has 32 heavy (non-hydrogen) atoms. The second-order valence-electron chi connectivity index (χ2n) is 9.02. The standard InChI is InChI=1S/C25H35FN4O2/c1-7-30(20-8-9-29(6)17(4)11-20)23-13-19(26)12-21(18(23)5)24(31)27-14-22-15(2)10-16(3)28-25(22)32/h10,12-13,17,20H,7-9,11,14H2,1-6H3,(H,27,31)(H,28,32)/t17-,20?/m1/s1. The minimum atomic E-state index is -0.431. The summed E-state index contributed by atoms with van der Waals surface area (Å²) >= 11 is 0. The van der Waals surface area contributed by atoms with Crippen molar-refractivity contribution in [3.8, 4) is 0 Å². The Kier molecular flexibility index (Phi) is 7.39. The Morgan fingerprint density at radius 2 is 2.00 bits per heavy atom. The Hall–Kier alpha value is -2.67. The number of halogens is 1. The quantitative estimate of drug-likeness (QED) is 0.716. The number of pyridine rings is 1. The van der Waals surface area contributed by atoms with Gasteiger partial charge in [-0.25, -0.2) is 4.39 Å². The van der Waals surface area contributed by atoms with Gasteiger partial charge in [-0.1, -0.05) is 0 Å². The number of H-pyrrole nitrogens is 1. The molecule has 1 aromatic heterocycles. The Morgan fingerprint density at radius 1 is 1.28 bits per heavy atom. The van der Waals surface area contributed by atoms with Gasteiger partial charge in [0.25, 0.3) is 11.5 Å². The van der Waals surface area contributed by atoms with Gasteiger partial charge in [0.05, 0.1) is 0 Å². The molecule has 0 aliphatic carbocycles. The largest absolute Gasteiger partial charge is 0.368 e. The summed E-state index contributed by atoms with van der Waals surface area (Å²) in [5.41, 5.74) is 3.71. The van der Waals surface area contributed by atoms with Crippen LogP contribution in [-0.4, -0.2) is 48.0 Å². The third kappa shape index (κ3) is 5.04. The van der Waals surface area contributed by atoms with Crippen molar-refractivity contribution in [1.82, 2.24) is 15.2 Å². The molecule has 0 bridgehead atoms. The van der Waals surface area contributed by atoms with Gasteiger partial charge in [0.15, 0.2) is 0 Å². The Bertz CT molecular complexity index is 1050. The molecule has 1 fully saturated rings. The van der Waals surface area contributed by atoms with E-state index in [4.69, 9.17) is 0 Å². The number of aromatic nitrogens is 1. The third-order valence-corrected chi connectivity index (χ3v) is 6.78. The van der Waals surface area contributed by atoms with Crippen molar-refractivity contribution in [3.05, 3.63) is 62.3 Å². The van der Waals surface area contributed by atoms with E-state index in [1.54, 1.807) is 0 Å². The fourth-order valence-corrected chi connectivity index (χ4v) is 4.74. The van der Waals surface area contributed by atoms with Crippen molar-refractivity contribution in [3.63, 3.8) is 0 Å². The number of likely N-dealkylation sites (tertiary alicyclic amines) is 1. The van der Waals surface area contributed by atoms with Gasteiger partial charge in [-0.3, -0.25) is 9.59 Å². The highest BCUT2D eigenvalue weighted by atomic mass is 19.1. The molecule has 6 nitrogen and oxygen atoms in total. The van der Waals surface area contributed by atoms with Gasteiger partial charge >= 0.3 is 0 Å². The van der Waals surface area contributed by atoms with E-state index < -0.39 is 5.82 Å². The van der Waals surface area contributed by atoms with E-state index >= 15 is 0 Å². The molecule has 1 aliphatic heterocycles. The predicted molar refractivity (Wildman–Crippen MR) is 127 cm³/mol. The maximum atomic E-state index is 14.6. The first kappa shape index (κ1) is 24.0. The van der Waals surface area contributed by atoms with Crippen LogP contribution in [0.25, 0.3) is 0 Å². The highest BCUT2D eigenvalue weighted by molar-refractivity contribution is 5.97. The molecule has 0 spiro atoms. The topological polar surface area (TPSA) is 68.4 Å². The van der Waals surface area contributed by atoms with Crippen molar-refractivity contribution >= 4 is 11.6 Å². The van der Waals surface area contributed by atoms with Gasteiger partial charge in [0.2, 0.25) is 0 Å². The molecule has 1 saturated heterocycles. The normalized spacial score (nSPS) is 19.1. The summed E-state index contributed by atoms with van der Waals surface area (Å²) in [7, 11) is 2.13. The predicted octanol–water partition coefficient (Wildman–Crippen LogP) is 3.68. The lowest BCUT2D eigenvalue weighted by molar-refractivity contribution is 0.0949. The number of nitrogens with one attached hydrogen (secondary N) is 2. The SMILES string of the molecule is CCN(c1cc(F)cc(C(=O)NCc2c(C)cc(C)[nH]c2=O)c1C)C1CCN(C)[C@H](C)C1. The van der Waals surface area contributed by atoms with Crippen LogP contribution >= 0.6 is 0 Å². The average molecular weight is 443 g/mol. The maximum Gasteiger partial charge on any atom is 0.253 e. The number of aromatic amines is 1. The summed E-state index contributed by atoms with van der Waals surface area (Å²) in [6.07, 6.45) is 2.00. The lowest BCUT2D eigenvalue weighted by Crippen LogP contribution is -2.48. The van der Waals surface area contributed by atoms with E-state index in [1.807, 2.05) is 26.8 Å². The zero-order valence-corrected chi connectivity index (χ0v) is 20.0. The van der Waals surface area contributed by atoms with Gasteiger partial charge in [-0.15, -0.1) is 0 Å². The van der Waals surface area contributed by atoms with E-state index in [9.17, 15) is 14.0 Å². The Labute approximate surface area is 189 Å². The van der Waals surface area contributed by atoms with E-state index in [2.05, 4.69) is 41.0 Å². The molecule has 174 valence electrons. The van der Waals surface area contributed by atoms with Crippen LogP contribution in [0.2, 0.25) is 0 Å². The van der Waals surface area contributed by atoms with Crippen molar-refractivity contribution in [2.45, 2.75) is 66.1 Å². The van der Waals surface area contributed by atoms with Gasteiger partial charge in [-0.05, 0) is 83.8 Å². The third-order valence-electron chi connectivity index (χ3n) is 6.78. The lowest BCUT2D eigenvalue weighted by atomic mass is 9.95. The summed E-state index contributed by atoms with van der Waals surface area (Å²) in [6, 6.07) is 5.45. The summed E-state index contributed by atoms with van der Waals surface area (Å²) in [4.78, 5) is 32.6. The van der Waals surface area contributed by atoms with E-state index in [-0.39, 0.29) is 18.0 Å². The molecule has 0 radical (unpaired) electrons. The molecule has 1 aromatic carbocycles. The number of carbonyl (C=O) groups is 1. The number of carbonyl (C=O) groups excluding carboxylic acids is 1. The monoisotopic (exact) mass is 442 g/mol. The number of amides is 1. The zero-order valence-electron chi connectivity index (χ0n) is 20.0. The first-order valence-electron chi connectivity index (χ1n) is 11.4. The van der Waals surface area contributed by atoms with Crippen molar-refractivity contribution in [2.75, 3.05) is 25.0 Å². The Balaban J connectivity index is 1.85. The number of aryl methyl sites for hydroxylation is 2. The van der Waals surface area contributed by atoms with Crippen LogP contribution < -0.4 is 15.8 Å². The summed E-state index contributed by atoms with van der Waals surface area (Å²) in [5, 5.41) is 2.81. The molecular weight excluding hydrogens is 407 g/mol. The number of benzene rings is 1. The second-order valence-corrected chi connectivity index (χ2v) is 9.02. The summed E-state index contributed by atoms with van der Waals surface area (Å²) < 4.78 is 14.6. The molecule has 3 rings (SSSR count). The summed E-state index contributed by atoms with van der Waals surface area (Å²) in [5.74, 6) is -0.810. The highest BCUT2D eigenvalue weighted by Gasteiger charge is 2.29. The van der Waals surface area contributed by atoms with Crippen LogP contribution in [0.3, 0.4) is 0 Å². The number of piperidine rings is 1. The van der Waals surface area contributed by atoms with Crippen molar-refractivity contribution in [1.29, 1.82) is 0 Å².